The van der Waals surface area contributed by atoms with E-state index >= 15 is 0 Å². The van der Waals surface area contributed by atoms with Crippen LogP contribution in [0.2, 0.25) is 0 Å². The Labute approximate surface area is 105 Å². The van der Waals surface area contributed by atoms with Gasteiger partial charge in [0.15, 0.2) is 11.4 Å². The quantitative estimate of drug-likeness (QED) is 0.675. The van der Waals surface area contributed by atoms with Gasteiger partial charge in [0, 0.05) is 12.0 Å². The lowest BCUT2D eigenvalue weighted by Crippen LogP contribution is -2.40. The van der Waals surface area contributed by atoms with Crippen LogP contribution in [0.1, 0.15) is 20.3 Å². The van der Waals surface area contributed by atoms with Crippen molar-refractivity contribution in [3.63, 3.8) is 0 Å². The van der Waals surface area contributed by atoms with E-state index in [1.54, 1.807) is 13.0 Å². The average Bonchev–Trinajstić information content (AvgIpc) is 2.26. The Morgan fingerprint density at radius 2 is 2.17 bits per heavy atom. The van der Waals surface area contributed by atoms with Gasteiger partial charge >= 0.3 is 0 Å². The van der Waals surface area contributed by atoms with E-state index in [1.807, 2.05) is 0 Å². The number of aliphatic hydroxyl groups is 3. The van der Waals surface area contributed by atoms with Gasteiger partial charge in [0.25, 0.3) is 0 Å². The Kier molecular flexibility index (Phi) is 3.04. The third kappa shape index (κ3) is 2.07. The SMILES string of the molecule is C[C@H](O)CC1=CC2=CC(=O)[C@@](C)(O)C(O)=C2CO1. The number of carbonyl (C=O) groups excluding carboxylic acids is 1. The number of aliphatic hydroxyl groups excluding tert-OH is 2. The molecule has 5 nitrogen and oxygen atoms in total. The van der Waals surface area contributed by atoms with Crippen molar-refractivity contribution in [2.24, 2.45) is 0 Å². The number of allylic oxidation sites excluding steroid dienone is 1. The van der Waals surface area contributed by atoms with Crippen LogP contribution in [-0.2, 0) is 9.53 Å². The van der Waals surface area contributed by atoms with Gasteiger partial charge in [0.2, 0.25) is 0 Å². The maximum absolute atomic E-state index is 11.7. The highest BCUT2D eigenvalue weighted by Gasteiger charge is 2.40. The van der Waals surface area contributed by atoms with Crippen LogP contribution in [0.15, 0.2) is 34.8 Å². The predicted molar refractivity (Wildman–Crippen MR) is 63.7 cm³/mol. The van der Waals surface area contributed by atoms with Gasteiger partial charge in [-0.25, -0.2) is 0 Å². The van der Waals surface area contributed by atoms with Crippen LogP contribution in [0.4, 0.5) is 0 Å². The number of hydrogen-bond donors (Lipinski definition) is 3. The molecule has 0 aromatic carbocycles. The Hall–Kier alpha value is -1.59. The molecule has 0 amide bonds. The van der Waals surface area contributed by atoms with Crippen LogP contribution < -0.4 is 0 Å². The van der Waals surface area contributed by atoms with Gasteiger partial charge in [-0.2, -0.15) is 0 Å². The molecule has 1 aliphatic heterocycles. The molecule has 0 spiro atoms. The minimum Gasteiger partial charge on any atom is -0.508 e. The number of hydrogen-bond acceptors (Lipinski definition) is 5. The zero-order chi connectivity index (χ0) is 13.5. The van der Waals surface area contributed by atoms with E-state index in [1.165, 1.54) is 13.0 Å². The molecular formula is C13H16O5. The summed E-state index contributed by atoms with van der Waals surface area (Å²) in [5.41, 5.74) is -0.933. The zero-order valence-electron chi connectivity index (χ0n) is 10.3. The second-order valence-corrected chi connectivity index (χ2v) is 4.82. The maximum Gasteiger partial charge on any atom is 0.195 e. The van der Waals surface area contributed by atoms with Crippen molar-refractivity contribution in [2.45, 2.75) is 32.0 Å². The number of ketones is 1. The molecule has 98 valence electrons. The lowest BCUT2D eigenvalue weighted by atomic mass is 9.84. The van der Waals surface area contributed by atoms with E-state index in [0.29, 0.717) is 23.3 Å². The van der Waals surface area contributed by atoms with Gasteiger partial charge in [-0.1, -0.05) is 0 Å². The van der Waals surface area contributed by atoms with Gasteiger partial charge in [0.1, 0.15) is 12.4 Å². The number of ether oxygens (including phenoxy) is 1. The molecule has 0 bridgehead atoms. The van der Waals surface area contributed by atoms with E-state index in [-0.39, 0.29) is 12.4 Å². The molecule has 3 N–H and O–H groups in total. The van der Waals surface area contributed by atoms with Gasteiger partial charge in [-0.05, 0) is 31.6 Å². The molecule has 0 unspecified atom stereocenters. The highest BCUT2D eigenvalue weighted by Crippen LogP contribution is 2.34. The molecule has 0 saturated carbocycles. The number of rotatable bonds is 2. The number of carbonyl (C=O) groups is 1. The fourth-order valence-electron chi connectivity index (χ4n) is 1.99. The van der Waals surface area contributed by atoms with Gasteiger partial charge in [0.05, 0.1) is 11.9 Å². The summed E-state index contributed by atoms with van der Waals surface area (Å²) in [6.45, 7) is 2.97. The van der Waals surface area contributed by atoms with E-state index < -0.39 is 17.5 Å². The summed E-state index contributed by atoms with van der Waals surface area (Å²) in [7, 11) is 0. The predicted octanol–water partition coefficient (Wildman–Crippen LogP) is 0.744. The van der Waals surface area contributed by atoms with Gasteiger partial charge in [-0.15, -0.1) is 0 Å². The zero-order valence-corrected chi connectivity index (χ0v) is 10.3. The van der Waals surface area contributed by atoms with Crippen LogP contribution in [0.25, 0.3) is 0 Å². The Balaban J connectivity index is 2.37. The summed E-state index contributed by atoms with van der Waals surface area (Å²) >= 11 is 0. The second kappa shape index (κ2) is 4.26. The molecule has 0 aromatic rings. The number of fused-ring (bicyclic) bond motifs is 1. The first kappa shape index (κ1) is 12.9. The fourth-order valence-corrected chi connectivity index (χ4v) is 1.99. The molecule has 2 rings (SSSR count). The second-order valence-electron chi connectivity index (χ2n) is 4.82. The molecular weight excluding hydrogens is 236 g/mol. The summed E-state index contributed by atoms with van der Waals surface area (Å²) in [6, 6.07) is 0. The largest absolute Gasteiger partial charge is 0.508 e. The average molecular weight is 252 g/mol. The van der Waals surface area contributed by atoms with Crippen molar-refractivity contribution in [3.8, 4) is 0 Å². The van der Waals surface area contributed by atoms with Crippen molar-refractivity contribution in [2.75, 3.05) is 6.61 Å². The van der Waals surface area contributed by atoms with E-state index in [0.717, 1.165) is 0 Å². The molecule has 0 radical (unpaired) electrons. The summed E-state index contributed by atoms with van der Waals surface area (Å²) in [6.07, 6.45) is 2.70. The summed E-state index contributed by atoms with van der Waals surface area (Å²) in [5, 5.41) is 29.0. The lowest BCUT2D eigenvalue weighted by Gasteiger charge is -2.30. The first-order valence-electron chi connectivity index (χ1n) is 5.75. The monoisotopic (exact) mass is 252 g/mol. The topological polar surface area (TPSA) is 87.0 Å². The van der Waals surface area contributed by atoms with Gasteiger partial charge < -0.3 is 20.1 Å². The first-order valence-corrected chi connectivity index (χ1v) is 5.75. The molecule has 1 heterocycles. The minimum absolute atomic E-state index is 0.0830. The third-order valence-corrected chi connectivity index (χ3v) is 3.08. The van der Waals surface area contributed by atoms with Crippen molar-refractivity contribution in [3.05, 3.63) is 34.8 Å². The Bertz CT molecular complexity index is 480. The minimum atomic E-state index is -1.88. The summed E-state index contributed by atoms with van der Waals surface area (Å²) in [5.74, 6) is -0.368. The summed E-state index contributed by atoms with van der Waals surface area (Å²) in [4.78, 5) is 11.7. The van der Waals surface area contributed by atoms with Crippen LogP contribution >= 0.6 is 0 Å². The van der Waals surface area contributed by atoms with Crippen molar-refractivity contribution in [1.29, 1.82) is 0 Å². The Morgan fingerprint density at radius 3 is 2.78 bits per heavy atom. The van der Waals surface area contributed by atoms with Crippen molar-refractivity contribution in [1.82, 2.24) is 0 Å². The van der Waals surface area contributed by atoms with E-state index in [2.05, 4.69) is 0 Å². The van der Waals surface area contributed by atoms with Crippen LogP contribution in [-0.4, -0.2) is 39.4 Å². The molecule has 0 fully saturated rings. The van der Waals surface area contributed by atoms with Crippen LogP contribution in [0.3, 0.4) is 0 Å². The molecule has 0 aromatic heterocycles. The van der Waals surface area contributed by atoms with E-state index in [9.17, 15) is 20.1 Å². The Morgan fingerprint density at radius 1 is 1.50 bits per heavy atom. The van der Waals surface area contributed by atoms with Crippen molar-refractivity contribution < 1.29 is 24.9 Å². The highest BCUT2D eigenvalue weighted by molar-refractivity contribution is 6.02. The first-order chi connectivity index (χ1) is 8.32. The maximum atomic E-state index is 11.7. The van der Waals surface area contributed by atoms with Gasteiger partial charge in [-0.3, -0.25) is 4.79 Å². The van der Waals surface area contributed by atoms with Crippen molar-refractivity contribution >= 4 is 5.78 Å². The molecule has 1 aliphatic carbocycles. The molecule has 2 atom stereocenters. The summed E-state index contributed by atoms with van der Waals surface area (Å²) < 4.78 is 5.38. The van der Waals surface area contributed by atoms with Crippen LogP contribution in [0, 0.1) is 0 Å². The lowest BCUT2D eigenvalue weighted by molar-refractivity contribution is -0.130. The normalized spacial score (nSPS) is 29.2. The molecule has 18 heavy (non-hydrogen) atoms. The molecule has 2 aliphatic rings. The molecule has 0 saturated heterocycles. The highest BCUT2D eigenvalue weighted by atomic mass is 16.5. The van der Waals surface area contributed by atoms with E-state index in [4.69, 9.17) is 4.74 Å². The standard InChI is InChI=1S/C13H16O5/c1-7(14)3-9-4-8-5-11(15)13(2,17)12(16)10(8)6-18-9/h4-5,7,14,16-17H,3,6H2,1-2H3/t7-,13+/m0/s1. The third-order valence-electron chi connectivity index (χ3n) is 3.08. The smallest absolute Gasteiger partial charge is 0.195 e. The van der Waals surface area contributed by atoms with Crippen LogP contribution in [0.5, 0.6) is 0 Å². The fraction of sp³-hybridized carbons (Fsp3) is 0.462. The molecule has 5 heteroatoms.